The van der Waals surface area contributed by atoms with E-state index < -0.39 is 12.0 Å². The Bertz CT molecular complexity index is 517. The molecule has 1 aromatic rings. The van der Waals surface area contributed by atoms with Gasteiger partial charge in [-0.2, -0.15) is 0 Å². The number of benzene rings is 1. The van der Waals surface area contributed by atoms with E-state index in [1.54, 1.807) is 7.11 Å². The summed E-state index contributed by atoms with van der Waals surface area (Å²) in [6, 6.07) is 1.30. The van der Waals surface area contributed by atoms with E-state index >= 15 is 0 Å². The first-order valence-corrected chi connectivity index (χ1v) is 7.12. The normalized spacial score (nSPS) is 12.3. The number of ether oxygens (including phenoxy) is 2. The van der Waals surface area contributed by atoms with Crippen molar-refractivity contribution in [2.24, 2.45) is 5.73 Å². The summed E-state index contributed by atoms with van der Waals surface area (Å²) in [4.78, 5) is 10.7. The molecule has 0 heterocycles. The van der Waals surface area contributed by atoms with Gasteiger partial charge in [-0.25, -0.2) is 0 Å². The fourth-order valence-corrected chi connectivity index (χ4v) is 2.69. The second-order valence-electron chi connectivity index (χ2n) is 5.12. The molecule has 3 N–H and O–H groups in total. The van der Waals surface area contributed by atoms with Gasteiger partial charge in [0.15, 0.2) is 11.5 Å². The second kappa shape index (κ2) is 7.52. The molecule has 0 spiro atoms. The lowest BCUT2D eigenvalue weighted by molar-refractivity contribution is -0.137. The van der Waals surface area contributed by atoms with Gasteiger partial charge in [-0.05, 0) is 24.0 Å². The molecule has 0 amide bonds. The van der Waals surface area contributed by atoms with E-state index in [0.29, 0.717) is 22.1 Å². The van der Waals surface area contributed by atoms with Crippen LogP contribution in [0, 0.1) is 0 Å². The van der Waals surface area contributed by atoms with Gasteiger partial charge in [0.1, 0.15) is 0 Å². The van der Waals surface area contributed by atoms with Gasteiger partial charge in [0.25, 0.3) is 0 Å². The summed E-state index contributed by atoms with van der Waals surface area (Å²) in [7, 11) is 3.05. The van der Waals surface area contributed by atoms with Crippen molar-refractivity contribution in [1.29, 1.82) is 0 Å². The average molecular weight is 316 g/mol. The summed E-state index contributed by atoms with van der Waals surface area (Å²) in [5, 5.41) is 9.32. The van der Waals surface area contributed by atoms with E-state index in [1.165, 1.54) is 7.11 Å². The van der Waals surface area contributed by atoms with Crippen LogP contribution in [0.15, 0.2) is 6.07 Å². The third kappa shape index (κ3) is 4.02. The van der Waals surface area contributed by atoms with E-state index in [1.807, 2.05) is 19.9 Å². The predicted octanol–water partition coefficient (Wildman–Crippen LogP) is 3.35. The standard InChI is InChI=1S/C15H22ClNO4/c1-8(2)9-7-11(20-3)15(21-4)13(14(9)16)10(17)5-6-12(18)19/h7-8,10H,5-6,17H2,1-4H3,(H,18,19). The Labute approximate surface area is 130 Å². The number of hydrogen-bond donors (Lipinski definition) is 2. The number of hydrogen-bond acceptors (Lipinski definition) is 4. The number of carboxylic acid groups (broad SMARTS) is 1. The van der Waals surface area contributed by atoms with E-state index in [0.717, 1.165) is 5.56 Å². The maximum atomic E-state index is 10.7. The zero-order chi connectivity index (χ0) is 16.2. The molecule has 0 saturated carbocycles. The van der Waals surface area contributed by atoms with Crippen LogP contribution in [-0.4, -0.2) is 25.3 Å². The SMILES string of the molecule is COc1cc(C(C)C)c(Cl)c(C(N)CCC(=O)O)c1OC. The first kappa shape index (κ1) is 17.6. The highest BCUT2D eigenvalue weighted by molar-refractivity contribution is 6.32. The molecule has 0 radical (unpaired) electrons. The molecular formula is C15H22ClNO4. The van der Waals surface area contributed by atoms with Crippen LogP contribution < -0.4 is 15.2 Å². The number of carbonyl (C=O) groups is 1. The molecule has 1 aromatic carbocycles. The van der Waals surface area contributed by atoms with Crippen LogP contribution >= 0.6 is 11.6 Å². The molecule has 6 heteroatoms. The fourth-order valence-electron chi connectivity index (χ4n) is 2.19. The summed E-state index contributed by atoms with van der Waals surface area (Å²) in [6.07, 6.45) is 0.241. The van der Waals surface area contributed by atoms with E-state index in [2.05, 4.69) is 0 Å². The van der Waals surface area contributed by atoms with Crippen molar-refractivity contribution < 1.29 is 19.4 Å². The third-order valence-electron chi connectivity index (χ3n) is 3.33. The molecule has 5 nitrogen and oxygen atoms in total. The average Bonchev–Trinajstić information content (AvgIpc) is 2.43. The summed E-state index contributed by atoms with van der Waals surface area (Å²) in [6.45, 7) is 4.03. The highest BCUT2D eigenvalue weighted by Crippen LogP contribution is 2.44. The molecule has 1 unspecified atom stereocenters. The van der Waals surface area contributed by atoms with E-state index in [9.17, 15) is 4.79 Å². The van der Waals surface area contributed by atoms with Crippen LogP contribution in [0.25, 0.3) is 0 Å². The molecule has 0 bridgehead atoms. The number of methoxy groups -OCH3 is 2. The molecule has 0 aliphatic heterocycles. The number of halogens is 1. The molecular weight excluding hydrogens is 294 g/mol. The first-order chi connectivity index (χ1) is 9.83. The molecule has 118 valence electrons. The fraction of sp³-hybridized carbons (Fsp3) is 0.533. The smallest absolute Gasteiger partial charge is 0.303 e. The first-order valence-electron chi connectivity index (χ1n) is 6.75. The van der Waals surface area contributed by atoms with Crippen LogP contribution in [0.4, 0.5) is 0 Å². The van der Waals surface area contributed by atoms with Crippen molar-refractivity contribution in [3.63, 3.8) is 0 Å². The van der Waals surface area contributed by atoms with Crippen LogP contribution in [0.3, 0.4) is 0 Å². The van der Waals surface area contributed by atoms with Crippen molar-refractivity contribution >= 4 is 17.6 Å². The monoisotopic (exact) mass is 315 g/mol. The predicted molar refractivity (Wildman–Crippen MR) is 82.4 cm³/mol. The van der Waals surface area contributed by atoms with Gasteiger partial charge in [0.2, 0.25) is 0 Å². The van der Waals surface area contributed by atoms with E-state index in [-0.39, 0.29) is 18.8 Å². The van der Waals surface area contributed by atoms with Crippen LogP contribution in [0.1, 0.15) is 49.8 Å². The van der Waals surface area contributed by atoms with Crippen LogP contribution in [-0.2, 0) is 4.79 Å². The zero-order valence-electron chi connectivity index (χ0n) is 12.8. The van der Waals surface area contributed by atoms with Crippen LogP contribution in [0.2, 0.25) is 5.02 Å². The number of nitrogens with two attached hydrogens (primary N) is 1. The molecule has 1 atom stereocenters. The summed E-state index contributed by atoms with van der Waals surface area (Å²) in [5.74, 6) is 0.298. The highest BCUT2D eigenvalue weighted by Gasteiger charge is 2.24. The van der Waals surface area contributed by atoms with Crippen molar-refractivity contribution in [1.82, 2.24) is 0 Å². The van der Waals surface area contributed by atoms with Gasteiger partial charge in [0, 0.05) is 18.0 Å². The molecule has 0 aliphatic rings. The van der Waals surface area contributed by atoms with Crippen molar-refractivity contribution in [2.75, 3.05) is 14.2 Å². The second-order valence-corrected chi connectivity index (χ2v) is 5.50. The topological polar surface area (TPSA) is 81.8 Å². The Kier molecular flexibility index (Phi) is 6.30. The van der Waals surface area contributed by atoms with Gasteiger partial charge in [0.05, 0.1) is 19.2 Å². The van der Waals surface area contributed by atoms with Gasteiger partial charge >= 0.3 is 5.97 Å². The maximum absolute atomic E-state index is 10.7. The van der Waals surface area contributed by atoms with Gasteiger partial charge < -0.3 is 20.3 Å². The summed E-state index contributed by atoms with van der Waals surface area (Å²) in [5.41, 5.74) is 7.63. The Morgan fingerprint density at radius 1 is 1.38 bits per heavy atom. The van der Waals surface area contributed by atoms with E-state index in [4.69, 9.17) is 31.9 Å². The highest BCUT2D eigenvalue weighted by atomic mass is 35.5. The minimum atomic E-state index is -0.896. The van der Waals surface area contributed by atoms with Crippen molar-refractivity contribution in [3.05, 3.63) is 22.2 Å². The number of aliphatic carboxylic acids is 1. The number of rotatable bonds is 7. The molecule has 0 aromatic heterocycles. The lowest BCUT2D eigenvalue weighted by atomic mass is 9.94. The third-order valence-corrected chi connectivity index (χ3v) is 3.75. The lowest BCUT2D eigenvalue weighted by Gasteiger charge is -2.22. The molecule has 1 rings (SSSR count). The Morgan fingerprint density at radius 2 is 2.00 bits per heavy atom. The molecule has 0 saturated heterocycles. The van der Waals surface area contributed by atoms with Gasteiger partial charge in [-0.3, -0.25) is 4.79 Å². The Morgan fingerprint density at radius 3 is 2.43 bits per heavy atom. The molecule has 0 fully saturated rings. The van der Waals surface area contributed by atoms with Gasteiger partial charge in [-0.1, -0.05) is 25.4 Å². The number of carboxylic acids is 1. The Hall–Kier alpha value is -1.46. The van der Waals surface area contributed by atoms with Crippen molar-refractivity contribution in [3.8, 4) is 11.5 Å². The largest absolute Gasteiger partial charge is 0.493 e. The summed E-state index contributed by atoms with van der Waals surface area (Å²) < 4.78 is 10.7. The van der Waals surface area contributed by atoms with Gasteiger partial charge in [-0.15, -0.1) is 0 Å². The van der Waals surface area contributed by atoms with Crippen molar-refractivity contribution in [2.45, 2.75) is 38.6 Å². The molecule has 0 aliphatic carbocycles. The summed E-state index contributed by atoms with van der Waals surface area (Å²) >= 11 is 6.46. The minimum absolute atomic E-state index is 0.0329. The maximum Gasteiger partial charge on any atom is 0.303 e. The Balaban J connectivity index is 3.37. The van der Waals surface area contributed by atoms with Crippen LogP contribution in [0.5, 0.6) is 11.5 Å². The zero-order valence-corrected chi connectivity index (χ0v) is 13.5. The molecule has 21 heavy (non-hydrogen) atoms. The quantitative estimate of drug-likeness (QED) is 0.806. The minimum Gasteiger partial charge on any atom is -0.493 e. The lowest BCUT2D eigenvalue weighted by Crippen LogP contribution is -2.15.